The Labute approximate surface area is 173 Å². The number of hydrogen-bond acceptors (Lipinski definition) is 4. The van der Waals surface area contributed by atoms with Crippen LogP contribution in [-0.4, -0.2) is 25.1 Å². The summed E-state index contributed by atoms with van der Waals surface area (Å²) in [4.78, 5) is 24.5. The summed E-state index contributed by atoms with van der Waals surface area (Å²) in [5, 5.41) is 7.13. The molecule has 0 unspecified atom stereocenters. The van der Waals surface area contributed by atoms with Crippen LogP contribution in [0, 0.1) is 0 Å². The topological polar surface area (TPSA) is 79.8 Å². The van der Waals surface area contributed by atoms with Gasteiger partial charge in [-0.3, -0.25) is 9.59 Å². The fraction of sp³-hybridized carbons (Fsp3) is 0.0455. The van der Waals surface area contributed by atoms with E-state index in [0.717, 1.165) is 0 Å². The van der Waals surface area contributed by atoms with E-state index >= 15 is 0 Å². The van der Waals surface area contributed by atoms with Crippen molar-refractivity contribution in [3.8, 4) is 5.75 Å². The van der Waals surface area contributed by atoms with Crippen molar-refractivity contribution in [3.63, 3.8) is 0 Å². The molecule has 6 nitrogen and oxygen atoms in total. The molecule has 2 N–H and O–H groups in total. The van der Waals surface area contributed by atoms with Crippen LogP contribution in [0.3, 0.4) is 0 Å². The Balaban J connectivity index is 1.62. The first kappa shape index (κ1) is 20.1. The second-order valence-corrected chi connectivity index (χ2v) is 6.39. The van der Waals surface area contributed by atoms with E-state index in [4.69, 9.17) is 16.3 Å². The summed E-state index contributed by atoms with van der Waals surface area (Å²) in [5.41, 5.74) is 4.60. The zero-order chi connectivity index (χ0) is 20.6. The average Bonchev–Trinajstić information content (AvgIpc) is 2.74. The fourth-order valence-electron chi connectivity index (χ4n) is 2.51. The highest BCUT2D eigenvalue weighted by Crippen LogP contribution is 2.17. The van der Waals surface area contributed by atoms with E-state index < -0.39 is 0 Å². The Morgan fingerprint density at radius 1 is 0.966 bits per heavy atom. The third-order valence-electron chi connectivity index (χ3n) is 3.99. The van der Waals surface area contributed by atoms with Crippen LogP contribution in [0.25, 0.3) is 0 Å². The highest BCUT2D eigenvalue weighted by atomic mass is 35.5. The lowest BCUT2D eigenvalue weighted by atomic mass is 10.2. The molecule has 0 radical (unpaired) electrons. The summed E-state index contributed by atoms with van der Waals surface area (Å²) in [5.74, 6) is 0.0188. The lowest BCUT2D eigenvalue weighted by Gasteiger charge is -2.07. The van der Waals surface area contributed by atoms with Gasteiger partial charge in [0.25, 0.3) is 11.8 Å². The second-order valence-electron chi connectivity index (χ2n) is 5.99. The van der Waals surface area contributed by atoms with E-state index in [-0.39, 0.29) is 11.8 Å². The monoisotopic (exact) mass is 407 g/mol. The Morgan fingerprint density at radius 3 is 2.45 bits per heavy atom. The van der Waals surface area contributed by atoms with Gasteiger partial charge in [-0.05, 0) is 54.1 Å². The maximum absolute atomic E-state index is 12.4. The molecule has 0 aliphatic heterocycles. The van der Waals surface area contributed by atoms with Crippen molar-refractivity contribution < 1.29 is 14.3 Å². The average molecular weight is 408 g/mol. The molecule has 0 heterocycles. The Kier molecular flexibility index (Phi) is 6.60. The lowest BCUT2D eigenvalue weighted by Crippen LogP contribution is -2.17. The van der Waals surface area contributed by atoms with Gasteiger partial charge in [0.1, 0.15) is 5.75 Å². The van der Waals surface area contributed by atoms with E-state index in [1.807, 2.05) is 0 Å². The number of nitrogens with one attached hydrogen (secondary N) is 2. The Bertz CT molecular complexity index is 1050. The normalized spacial score (nSPS) is 10.6. The number of anilines is 1. The molecule has 0 spiro atoms. The van der Waals surface area contributed by atoms with Gasteiger partial charge in [-0.25, -0.2) is 5.43 Å². The molecule has 0 aliphatic rings. The first-order chi connectivity index (χ1) is 14.1. The number of nitrogens with zero attached hydrogens (tertiary/aromatic N) is 1. The molecule has 0 saturated heterocycles. The molecule has 0 saturated carbocycles. The predicted molar refractivity (Wildman–Crippen MR) is 114 cm³/mol. The molecule has 7 heteroatoms. The molecule has 146 valence electrons. The number of methoxy groups -OCH3 is 1. The van der Waals surface area contributed by atoms with Crippen molar-refractivity contribution in [3.05, 3.63) is 94.5 Å². The number of halogens is 1. The van der Waals surface area contributed by atoms with E-state index in [1.165, 1.54) is 6.21 Å². The number of amides is 2. The van der Waals surface area contributed by atoms with Crippen molar-refractivity contribution in [2.24, 2.45) is 5.10 Å². The van der Waals surface area contributed by atoms with Crippen molar-refractivity contribution in [2.75, 3.05) is 12.4 Å². The molecule has 3 rings (SSSR count). The van der Waals surface area contributed by atoms with Gasteiger partial charge >= 0.3 is 0 Å². The van der Waals surface area contributed by atoms with Crippen LogP contribution >= 0.6 is 11.6 Å². The van der Waals surface area contributed by atoms with Gasteiger partial charge in [-0.2, -0.15) is 5.10 Å². The first-order valence-electron chi connectivity index (χ1n) is 8.70. The van der Waals surface area contributed by atoms with Crippen molar-refractivity contribution >= 4 is 35.3 Å². The highest BCUT2D eigenvalue weighted by molar-refractivity contribution is 6.34. The number of carbonyl (C=O) groups is 2. The van der Waals surface area contributed by atoms with Crippen LogP contribution in [0.1, 0.15) is 26.3 Å². The summed E-state index contributed by atoms with van der Waals surface area (Å²) in [7, 11) is 1.56. The minimum atomic E-state index is -0.341. The zero-order valence-electron chi connectivity index (χ0n) is 15.6. The maximum atomic E-state index is 12.4. The molecule has 0 fully saturated rings. The van der Waals surface area contributed by atoms with Crippen LogP contribution in [0.15, 0.2) is 77.9 Å². The van der Waals surface area contributed by atoms with E-state index in [9.17, 15) is 9.59 Å². The number of carbonyl (C=O) groups excluding carboxylic acids is 2. The summed E-state index contributed by atoms with van der Waals surface area (Å²) in [6.07, 6.45) is 1.49. The SMILES string of the molecule is COc1ccc(C(=O)N/N=C\c2cccc(NC(=O)c3ccccc3Cl)c2)cc1. The summed E-state index contributed by atoms with van der Waals surface area (Å²) >= 11 is 6.05. The van der Waals surface area contributed by atoms with Crippen molar-refractivity contribution in [1.29, 1.82) is 0 Å². The first-order valence-corrected chi connectivity index (χ1v) is 9.08. The standard InChI is InChI=1S/C22H18ClN3O3/c1-29-18-11-9-16(10-12-18)21(27)26-24-14-15-5-4-6-17(13-15)25-22(28)19-7-2-3-8-20(19)23/h2-14H,1H3,(H,25,28)(H,26,27)/b24-14-. The highest BCUT2D eigenvalue weighted by Gasteiger charge is 2.09. The molecule has 2 amide bonds. The summed E-state index contributed by atoms with van der Waals surface area (Å²) in [6, 6.07) is 20.6. The molecule has 0 bridgehead atoms. The molecule has 0 atom stereocenters. The molecular weight excluding hydrogens is 390 g/mol. The van der Waals surface area contributed by atoms with Gasteiger partial charge in [0.05, 0.1) is 23.9 Å². The minimum absolute atomic E-state index is 0.308. The Morgan fingerprint density at radius 2 is 1.72 bits per heavy atom. The fourth-order valence-corrected chi connectivity index (χ4v) is 2.73. The van der Waals surface area contributed by atoms with Crippen LogP contribution in [0.2, 0.25) is 5.02 Å². The molecule has 0 aromatic heterocycles. The van der Waals surface area contributed by atoms with E-state index in [1.54, 1.807) is 79.9 Å². The van der Waals surface area contributed by atoms with Gasteiger partial charge in [0, 0.05) is 11.3 Å². The molecule has 3 aromatic rings. The number of hydrogen-bond donors (Lipinski definition) is 2. The lowest BCUT2D eigenvalue weighted by molar-refractivity contribution is 0.0954. The van der Waals surface area contributed by atoms with Crippen LogP contribution in [0.5, 0.6) is 5.75 Å². The largest absolute Gasteiger partial charge is 0.497 e. The Hall–Kier alpha value is -3.64. The molecule has 0 aliphatic carbocycles. The summed E-state index contributed by atoms with van der Waals surface area (Å²) in [6.45, 7) is 0. The van der Waals surface area contributed by atoms with Gasteiger partial charge in [-0.1, -0.05) is 35.9 Å². The third-order valence-corrected chi connectivity index (χ3v) is 4.32. The molecular formula is C22H18ClN3O3. The summed E-state index contributed by atoms with van der Waals surface area (Å²) < 4.78 is 5.06. The van der Waals surface area contributed by atoms with Gasteiger partial charge in [-0.15, -0.1) is 0 Å². The van der Waals surface area contributed by atoms with Gasteiger partial charge in [0.15, 0.2) is 0 Å². The number of hydrazone groups is 1. The predicted octanol–water partition coefficient (Wildman–Crippen LogP) is 4.36. The van der Waals surface area contributed by atoms with Crippen molar-refractivity contribution in [1.82, 2.24) is 5.43 Å². The number of benzene rings is 3. The zero-order valence-corrected chi connectivity index (χ0v) is 16.3. The molecule has 3 aromatic carbocycles. The quantitative estimate of drug-likeness (QED) is 0.470. The van der Waals surface area contributed by atoms with Gasteiger partial charge < -0.3 is 10.1 Å². The van der Waals surface area contributed by atoms with Crippen LogP contribution in [0.4, 0.5) is 5.69 Å². The number of rotatable bonds is 6. The van der Waals surface area contributed by atoms with Crippen molar-refractivity contribution in [2.45, 2.75) is 0 Å². The van der Waals surface area contributed by atoms with Crippen LogP contribution < -0.4 is 15.5 Å². The molecule has 29 heavy (non-hydrogen) atoms. The maximum Gasteiger partial charge on any atom is 0.271 e. The van der Waals surface area contributed by atoms with Gasteiger partial charge in [0.2, 0.25) is 0 Å². The second kappa shape index (κ2) is 9.52. The smallest absolute Gasteiger partial charge is 0.271 e. The van der Waals surface area contributed by atoms with E-state index in [2.05, 4.69) is 15.8 Å². The number of ether oxygens (including phenoxy) is 1. The third kappa shape index (κ3) is 5.43. The minimum Gasteiger partial charge on any atom is -0.497 e. The van der Waals surface area contributed by atoms with Crippen LogP contribution in [-0.2, 0) is 0 Å². The van der Waals surface area contributed by atoms with E-state index in [0.29, 0.717) is 33.1 Å².